The molecule has 0 unspecified atom stereocenters. The van der Waals surface area contributed by atoms with Crippen molar-refractivity contribution in [2.75, 3.05) is 11.6 Å². The van der Waals surface area contributed by atoms with Crippen molar-refractivity contribution in [2.24, 2.45) is 0 Å². The number of para-hydroxylation sites is 1. The monoisotopic (exact) mass is 262 g/mol. The summed E-state index contributed by atoms with van der Waals surface area (Å²) < 4.78 is 0. The summed E-state index contributed by atoms with van der Waals surface area (Å²) in [5, 5.41) is 11.2. The van der Waals surface area contributed by atoms with E-state index in [1.165, 1.54) is 10.0 Å². The first kappa shape index (κ1) is 13.1. The number of anilines is 1. The molecule has 0 aromatic heterocycles. The van der Waals surface area contributed by atoms with E-state index in [-0.39, 0.29) is 5.91 Å². The lowest BCUT2D eigenvalue weighted by molar-refractivity contribution is -0.142. The second kappa shape index (κ2) is 5.51. The van der Waals surface area contributed by atoms with Crippen molar-refractivity contribution >= 4 is 23.5 Å². The van der Waals surface area contributed by atoms with E-state index in [1.807, 2.05) is 0 Å². The summed E-state index contributed by atoms with van der Waals surface area (Å²) >= 11 is 0. The molecule has 0 bridgehead atoms. The third-order valence-electron chi connectivity index (χ3n) is 2.83. The molecule has 2 rings (SSSR count). The average molecular weight is 262 g/mol. The summed E-state index contributed by atoms with van der Waals surface area (Å²) in [6, 6.07) is 8.60. The van der Waals surface area contributed by atoms with Gasteiger partial charge in [0, 0.05) is 13.0 Å². The Morgan fingerprint density at radius 1 is 1.26 bits per heavy atom. The van der Waals surface area contributed by atoms with Crippen LogP contribution >= 0.6 is 0 Å². The molecule has 1 saturated heterocycles. The highest BCUT2D eigenvalue weighted by Gasteiger charge is 2.31. The number of carbonyl (C=O) groups excluding carboxylic acids is 2. The molecule has 1 aromatic rings. The van der Waals surface area contributed by atoms with Gasteiger partial charge < -0.3 is 5.11 Å². The number of hydrogen-bond donors (Lipinski definition) is 1. The van der Waals surface area contributed by atoms with E-state index in [0.717, 1.165) is 0 Å². The minimum atomic E-state index is -1.21. The van der Waals surface area contributed by atoms with Crippen molar-refractivity contribution in [2.45, 2.75) is 19.3 Å². The Labute approximate surface area is 110 Å². The lowest BCUT2D eigenvalue weighted by Crippen LogP contribution is -2.48. The van der Waals surface area contributed by atoms with Crippen molar-refractivity contribution in [1.29, 1.82) is 0 Å². The van der Waals surface area contributed by atoms with Gasteiger partial charge in [-0.05, 0) is 18.6 Å². The van der Waals surface area contributed by atoms with Crippen molar-refractivity contribution in [3.63, 3.8) is 0 Å². The molecule has 100 valence electrons. The fourth-order valence-corrected chi connectivity index (χ4v) is 2.04. The number of aliphatic carboxylic acids is 1. The van der Waals surface area contributed by atoms with E-state index in [2.05, 4.69) is 0 Å². The number of hydrogen-bond acceptors (Lipinski definition) is 3. The minimum Gasteiger partial charge on any atom is -0.481 e. The Hall–Kier alpha value is -2.37. The summed E-state index contributed by atoms with van der Waals surface area (Å²) in [4.78, 5) is 34.5. The van der Waals surface area contributed by atoms with Gasteiger partial charge in [-0.3, -0.25) is 14.4 Å². The van der Waals surface area contributed by atoms with E-state index in [0.29, 0.717) is 25.1 Å². The molecule has 0 saturated carbocycles. The van der Waals surface area contributed by atoms with Gasteiger partial charge in [-0.15, -0.1) is 0 Å². The lowest BCUT2D eigenvalue weighted by Gasteiger charge is -2.31. The number of amides is 2. The molecular formula is C13H14N2O4. The van der Waals surface area contributed by atoms with Crippen molar-refractivity contribution in [3.05, 3.63) is 30.3 Å². The Morgan fingerprint density at radius 3 is 2.47 bits per heavy atom. The molecule has 0 radical (unpaired) electrons. The number of carboxylic acid groups (broad SMARTS) is 1. The number of carbonyl (C=O) groups is 3. The predicted octanol–water partition coefficient (Wildman–Crippen LogP) is 1.03. The van der Waals surface area contributed by atoms with E-state index < -0.39 is 18.3 Å². The highest BCUT2D eigenvalue weighted by atomic mass is 16.4. The first-order valence-electron chi connectivity index (χ1n) is 5.99. The molecule has 0 aliphatic carbocycles. The highest BCUT2D eigenvalue weighted by Crippen LogP contribution is 2.22. The molecule has 1 fully saturated rings. The van der Waals surface area contributed by atoms with Crippen molar-refractivity contribution in [1.82, 2.24) is 5.01 Å². The fourth-order valence-electron chi connectivity index (χ4n) is 2.04. The fraction of sp³-hybridized carbons (Fsp3) is 0.308. The van der Waals surface area contributed by atoms with Crippen LogP contribution in [0.4, 0.5) is 5.69 Å². The number of benzene rings is 1. The number of rotatable bonds is 4. The van der Waals surface area contributed by atoms with Crippen LogP contribution in [0.5, 0.6) is 0 Å². The van der Waals surface area contributed by atoms with Gasteiger partial charge in [-0.2, -0.15) is 0 Å². The van der Waals surface area contributed by atoms with Crippen molar-refractivity contribution < 1.29 is 19.5 Å². The van der Waals surface area contributed by atoms with Crippen molar-refractivity contribution in [3.8, 4) is 0 Å². The number of carboxylic acids is 1. The van der Waals surface area contributed by atoms with Crippen LogP contribution in [0.15, 0.2) is 30.3 Å². The van der Waals surface area contributed by atoms with Crippen LogP contribution in [0.25, 0.3) is 0 Å². The molecular weight excluding hydrogens is 248 g/mol. The molecule has 2 amide bonds. The second-order valence-electron chi connectivity index (χ2n) is 4.23. The Morgan fingerprint density at radius 2 is 1.95 bits per heavy atom. The zero-order valence-corrected chi connectivity index (χ0v) is 10.3. The Kier molecular flexibility index (Phi) is 3.79. The number of nitrogens with zero attached hydrogens (tertiary/aromatic N) is 2. The van der Waals surface area contributed by atoms with Gasteiger partial charge >= 0.3 is 5.97 Å². The molecule has 6 nitrogen and oxygen atoms in total. The normalized spacial score (nSPS) is 14.5. The van der Waals surface area contributed by atoms with Crippen LogP contribution < -0.4 is 5.01 Å². The Bertz CT molecular complexity index is 501. The zero-order chi connectivity index (χ0) is 13.8. The molecule has 19 heavy (non-hydrogen) atoms. The predicted molar refractivity (Wildman–Crippen MR) is 67.1 cm³/mol. The van der Waals surface area contributed by atoms with Crippen LogP contribution in [0, 0.1) is 0 Å². The maximum atomic E-state index is 12.0. The zero-order valence-electron chi connectivity index (χ0n) is 10.3. The molecule has 1 aromatic carbocycles. The molecule has 1 aliphatic heterocycles. The van der Waals surface area contributed by atoms with Gasteiger partial charge in [-0.25, -0.2) is 10.0 Å². The van der Waals surface area contributed by atoms with E-state index in [1.54, 1.807) is 30.3 Å². The quantitative estimate of drug-likeness (QED) is 0.822. The maximum absolute atomic E-state index is 12.0. The van der Waals surface area contributed by atoms with Gasteiger partial charge in [-0.1, -0.05) is 18.2 Å². The van der Waals surface area contributed by atoms with Crippen LogP contribution in [-0.4, -0.2) is 34.4 Å². The van der Waals surface area contributed by atoms with E-state index in [4.69, 9.17) is 5.11 Å². The maximum Gasteiger partial charge on any atom is 0.312 e. The van der Waals surface area contributed by atoms with Crippen LogP contribution in [0.3, 0.4) is 0 Å². The first-order valence-corrected chi connectivity index (χ1v) is 5.99. The minimum absolute atomic E-state index is 0.164. The van der Waals surface area contributed by atoms with Crippen LogP contribution in [0.1, 0.15) is 19.3 Å². The molecule has 1 aliphatic rings. The first-order chi connectivity index (χ1) is 9.09. The lowest BCUT2D eigenvalue weighted by atomic mass is 10.3. The molecule has 0 atom stereocenters. The smallest absolute Gasteiger partial charge is 0.312 e. The summed E-state index contributed by atoms with van der Waals surface area (Å²) in [6.07, 6.45) is 0.408. The molecule has 1 heterocycles. The third-order valence-corrected chi connectivity index (χ3v) is 2.83. The Balaban J connectivity index is 2.30. The summed E-state index contributed by atoms with van der Waals surface area (Å²) in [5.74, 6) is -1.99. The van der Waals surface area contributed by atoms with Crippen LogP contribution in [-0.2, 0) is 14.4 Å². The van der Waals surface area contributed by atoms with Crippen LogP contribution in [0.2, 0.25) is 0 Å². The van der Waals surface area contributed by atoms with Gasteiger partial charge in [0.1, 0.15) is 6.42 Å². The van der Waals surface area contributed by atoms with Gasteiger partial charge in [0.25, 0.3) is 5.91 Å². The highest BCUT2D eigenvalue weighted by molar-refractivity contribution is 6.04. The summed E-state index contributed by atoms with van der Waals surface area (Å²) in [7, 11) is 0. The van der Waals surface area contributed by atoms with E-state index in [9.17, 15) is 14.4 Å². The SMILES string of the molecule is O=C(O)CC(=O)N(c1ccccc1)N1CCCC1=O. The van der Waals surface area contributed by atoms with E-state index >= 15 is 0 Å². The topological polar surface area (TPSA) is 77.9 Å². The number of hydrazine groups is 1. The van der Waals surface area contributed by atoms with Gasteiger partial charge in [0.2, 0.25) is 5.91 Å². The molecule has 6 heteroatoms. The second-order valence-corrected chi connectivity index (χ2v) is 4.23. The average Bonchev–Trinajstić information content (AvgIpc) is 2.76. The third kappa shape index (κ3) is 2.90. The molecule has 0 spiro atoms. The largest absolute Gasteiger partial charge is 0.481 e. The standard InChI is InChI=1S/C13H14N2O4/c16-11-7-4-8-14(11)15(12(17)9-13(18)19)10-5-2-1-3-6-10/h1-3,5-6H,4,7-9H2,(H,18,19). The van der Waals surface area contributed by atoms with Gasteiger partial charge in [0.15, 0.2) is 0 Å². The summed E-state index contributed by atoms with van der Waals surface area (Å²) in [6.45, 7) is 0.430. The van der Waals surface area contributed by atoms with Gasteiger partial charge in [0.05, 0.1) is 5.69 Å². The molecule has 1 N–H and O–H groups in total. The summed E-state index contributed by atoms with van der Waals surface area (Å²) in [5.41, 5.74) is 0.504.